The molecule has 0 N–H and O–H groups in total. The smallest absolute Gasteiger partial charge is 0.226 e. The fourth-order valence-corrected chi connectivity index (χ4v) is 3.10. The molecule has 0 radical (unpaired) electrons. The third-order valence-corrected chi connectivity index (χ3v) is 5.15. The first-order valence-electron chi connectivity index (χ1n) is 6.15. The Morgan fingerprint density at radius 1 is 0.652 bits per heavy atom. The van der Waals surface area contributed by atoms with Gasteiger partial charge in [0.1, 0.15) is 0 Å². The summed E-state index contributed by atoms with van der Waals surface area (Å²) >= 11 is 1.12. The highest BCUT2D eigenvalue weighted by molar-refractivity contribution is 14.1. The summed E-state index contributed by atoms with van der Waals surface area (Å²) in [6.45, 7) is 1.96. The first-order chi connectivity index (χ1) is 9.93. The van der Waals surface area contributed by atoms with E-state index in [0.29, 0.717) is 0 Å². The van der Waals surface area contributed by atoms with Crippen LogP contribution in [0.5, 0.6) is 0 Å². The fraction of sp³-hybridized carbons (Fsp3) is 1.00. The van der Waals surface area contributed by atoms with Crippen LogP contribution in [-0.4, -0.2) is 33.8 Å². The third-order valence-electron chi connectivity index (χ3n) is 3.40. The highest BCUT2D eigenvalue weighted by Gasteiger charge is 2.88. The van der Waals surface area contributed by atoms with Gasteiger partial charge in [-0.1, -0.05) is 36.4 Å². The molecule has 0 rings (SSSR count). The van der Waals surface area contributed by atoms with E-state index in [1.807, 2.05) is 0 Å². The lowest BCUT2D eigenvalue weighted by Crippen LogP contribution is -2.70. The lowest BCUT2D eigenvalue weighted by atomic mass is 9.76. The van der Waals surface area contributed by atoms with Gasteiger partial charge in [0.15, 0.2) is 0 Å². The van der Waals surface area contributed by atoms with Gasteiger partial charge in [0.05, 0.1) is 0 Å². The van der Waals surface area contributed by atoms with Crippen LogP contribution in [0.25, 0.3) is 0 Å². The summed E-state index contributed by atoms with van der Waals surface area (Å²) in [6, 6.07) is 0. The van der Waals surface area contributed by atoms with E-state index >= 15 is 0 Å². The van der Waals surface area contributed by atoms with Gasteiger partial charge in [0, 0.05) is 9.84 Å². The maximum Gasteiger partial charge on any atom is 0.460 e. The Morgan fingerprint density at radius 3 is 1.26 bits per heavy atom. The second-order valence-corrected chi connectivity index (χ2v) is 6.40. The minimum atomic E-state index is -7.19. The standard InChI is InChI=1S/C11H12F11I/c1-3-5(6(23)4-2)7(12,10(17,18)19)8(13,14)9(15,16)11(20,21)22/h5-6H,3-4H2,1-2H3. The number of hydrogen-bond acceptors (Lipinski definition) is 0. The van der Waals surface area contributed by atoms with Crippen LogP contribution in [0, 0.1) is 5.92 Å². The third kappa shape index (κ3) is 3.51. The minimum Gasteiger partial charge on any atom is -0.226 e. The molecule has 0 aliphatic carbocycles. The van der Waals surface area contributed by atoms with Gasteiger partial charge in [-0.25, -0.2) is 4.39 Å². The Balaban J connectivity index is 6.51. The lowest BCUT2D eigenvalue weighted by Gasteiger charge is -2.44. The highest BCUT2D eigenvalue weighted by Crippen LogP contribution is 2.61. The van der Waals surface area contributed by atoms with Crippen molar-refractivity contribution in [2.75, 3.05) is 0 Å². The summed E-state index contributed by atoms with van der Waals surface area (Å²) in [7, 11) is 0. The quantitative estimate of drug-likeness (QED) is 0.237. The normalized spacial score (nSPS) is 20.1. The monoisotopic (exact) mass is 480 g/mol. The molecule has 0 nitrogen and oxygen atoms in total. The van der Waals surface area contributed by atoms with E-state index in [1.54, 1.807) is 0 Å². The van der Waals surface area contributed by atoms with Crippen molar-refractivity contribution in [3.63, 3.8) is 0 Å². The van der Waals surface area contributed by atoms with E-state index in [1.165, 1.54) is 0 Å². The Labute approximate surface area is 137 Å². The van der Waals surface area contributed by atoms with Crippen molar-refractivity contribution in [1.29, 1.82) is 0 Å². The second kappa shape index (κ2) is 6.70. The Bertz CT molecular complexity index is 400. The van der Waals surface area contributed by atoms with E-state index in [2.05, 4.69) is 0 Å². The highest BCUT2D eigenvalue weighted by atomic mass is 127. The molecule has 0 aromatic rings. The van der Waals surface area contributed by atoms with Gasteiger partial charge in [-0.2, -0.15) is 43.9 Å². The molecule has 0 aromatic carbocycles. The largest absolute Gasteiger partial charge is 0.460 e. The Hall–Kier alpha value is -0.0400. The van der Waals surface area contributed by atoms with Crippen LogP contribution in [-0.2, 0) is 0 Å². The average Bonchev–Trinajstić information content (AvgIpc) is 2.35. The van der Waals surface area contributed by atoms with Crippen LogP contribution >= 0.6 is 22.6 Å². The van der Waals surface area contributed by atoms with Gasteiger partial charge in [-0.15, -0.1) is 0 Å². The van der Waals surface area contributed by atoms with Crippen molar-refractivity contribution in [1.82, 2.24) is 0 Å². The molecule has 140 valence electrons. The molecule has 0 spiro atoms. The van der Waals surface area contributed by atoms with Crippen LogP contribution in [0.4, 0.5) is 48.3 Å². The van der Waals surface area contributed by atoms with Crippen molar-refractivity contribution in [2.24, 2.45) is 5.92 Å². The zero-order valence-corrected chi connectivity index (χ0v) is 13.8. The zero-order valence-electron chi connectivity index (χ0n) is 11.6. The molecule has 12 heteroatoms. The molecule has 0 bridgehead atoms. The maximum atomic E-state index is 14.3. The van der Waals surface area contributed by atoms with Crippen LogP contribution < -0.4 is 0 Å². The predicted octanol–water partition coefficient (Wildman–Crippen LogP) is 6.33. The molecule has 0 amide bonds. The zero-order chi connectivity index (χ0) is 19.1. The molecule has 0 aliphatic rings. The Morgan fingerprint density at radius 2 is 1.04 bits per heavy atom. The molecule has 3 atom stereocenters. The number of alkyl halides is 12. The summed E-state index contributed by atoms with van der Waals surface area (Å²) in [5.74, 6) is -17.0. The van der Waals surface area contributed by atoms with Crippen molar-refractivity contribution >= 4 is 22.6 Å². The minimum absolute atomic E-state index is 0.339. The lowest BCUT2D eigenvalue weighted by molar-refractivity contribution is -0.419. The van der Waals surface area contributed by atoms with Gasteiger partial charge >= 0.3 is 24.2 Å². The van der Waals surface area contributed by atoms with Crippen molar-refractivity contribution in [2.45, 2.75) is 60.5 Å². The maximum absolute atomic E-state index is 14.3. The van der Waals surface area contributed by atoms with Crippen LogP contribution in [0.2, 0.25) is 0 Å². The SMILES string of the molecule is CCC(I)C(CC)C(F)(C(F)(F)F)C(F)(F)C(F)(F)C(F)(F)F. The molecular formula is C11H12F11I. The van der Waals surface area contributed by atoms with Crippen molar-refractivity contribution in [3.05, 3.63) is 0 Å². The van der Waals surface area contributed by atoms with Crippen LogP contribution in [0.3, 0.4) is 0 Å². The molecule has 0 aliphatic heterocycles. The summed E-state index contributed by atoms with van der Waals surface area (Å²) in [6.07, 6.45) is -15.0. The van der Waals surface area contributed by atoms with E-state index in [-0.39, 0.29) is 6.42 Å². The van der Waals surface area contributed by atoms with Crippen molar-refractivity contribution in [3.8, 4) is 0 Å². The van der Waals surface area contributed by atoms with Crippen LogP contribution in [0.15, 0.2) is 0 Å². The summed E-state index contributed by atoms with van der Waals surface area (Å²) in [5, 5.41) is 0. The number of halogens is 12. The van der Waals surface area contributed by atoms with Gasteiger partial charge in [0.25, 0.3) is 5.67 Å². The summed E-state index contributed by atoms with van der Waals surface area (Å²) in [4.78, 5) is 0. The van der Waals surface area contributed by atoms with Crippen LogP contribution in [0.1, 0.15) is 26.7 Å². The summed E-state index contributed by atoms with van der Waals surface area (Å²) < 4.78 is 141. The second-order valence-electron chi connectivity index (χ2n) is 4.80. The molecule has 23 heavy (non-hydrogen) atoms. The van der Waals surface area contributed by atoms with E-state index < -0.39 is 46.1 Å². The van der Waals surface area contributed by atoms with Gasteiger partial charge in [-0.3, -0.25) is 0 Å². The first kappa shape index (κ1) is 23.0. The Kier molecular flexibility index (Phi) is 6.68. The van der Waals surface area contributed by atoms with Gasteiger partial charge in [-0.05, 0) is 12.8 Å². The van der Waals surface area contributed by atoms with Crippen molar-refractivity contribution < 1.29 is 48.3 Å². The predicted molar refractivity (Wildman–Crippen MR) is 67.7 cm³/mol. The van der Waals surface area contributed by atoms with Gasteiger partial charge < -0.3 is 0 Å². The molecule has 0 fully saturated rings. The molecular weight excluding hydrogens is 468 g/mol. The molecule has 3 unspecified atom stereocenters. The molecule has 0 saturated carbocycles. The molecule has 0 aromatic heterocycles. The topological polar surface area (TPSA) is 0 Å². The van der Waals surface area contributed by atoms with Gasteiger partial charge in [0.2, 0.25) is 0 Å². The molecule has 0 saturated heterocycles. The summed E-state index contributed by atoms with van der Waals surface area (Å²) in [5.41, 5.74) is -6.05. The fourth-order valence-electron chi connectivity index (χ4n) is 2.10. The first-order valence-corrected chi connectivity index (χ1v) is 7.40. The average molecular weight is 480 g/mol. The van der Waals surface area contributed by atoms with E-state index in [0.717, 1.165) is 36.4 Å². The van der Waals surface area contributed by atoms with E-state index in [9.17, 15) is 48.3 Å². The van der Waals surface area contributed by atoms with E-state index in [4.69, 9.17) is 0 Å². The number of rotatable bonds is 6. The molecule has 0 heterocycles. The number of hydrogen-bond donors (Lipinski definition) is 0.